The first-order valence-electron chi connectivity index (χ1n) is 8.50. The standard InChI is InChI=1S/C20H22N2O2/c21-19(23)18(16-7-2-1-3-8-16)22-12-13-24-20(14-22)11-10-15-6-4-5-9-17(15)20/h1-9,18H,10-14H2,(H2,21,23)/t18-,20-/m0/s1. The molecule has 24 heavy (non-hydrogen) atoms. The zero-order valence-corrected chi connectivity index (χ0v) is 13.7. The van der Waals surface area contributed by atoms with Gasteiger partial charge in [-0.25, -0.2) is 0 Å². The number of nitrogens with zero attached hydrogens (tertiary/aromatic N) is 1. The van der Waals surface area contributed by atoms with Gasteiger partial charge in [-0.3, -0.25) is 9.69 Å². The Labute approximate surface area is 142 Å². The molecule has 0 radical (unpaired) electrons. The second-order valence-electron chi connectivity index (χ2n) is 6.69. The summed E-state index contributed by atoms with van der Waals surface area (Å²) in [5.41, 5.74) is 9.03. The monoisotopic (exact) mass is 322 g/mol. The summed E-state index contributed by atoms with van der Waals surface area (Å²) in [6.07, 6.45) is 1.99. The van der Waals surface area contributed by atoms with E-state index in [0.29, 0.717) is 19.7 Å². The SMILES string of the molecule is NC(=O)[C@H](c1ccccc1)N1CCO[C@@]2(CCc3ccccc32)C1. The quantitative estimate of drug-likeness (QED) is 0.944. The van der Waals surface area contributed by atoms with Crippen molar-refractivity contribution in [1.82, 2.24) is 4.90 Å². The van der Waals surface area contributed by atoms with E-state index in [-0.39, 0.29) is 11.5 Å². The van der Waals surface area contributed by atoms with Gasteiger partial charge >= 0.3 is 0 Å². The summed E-state index contributed by atoms with van der Waals surface area (Å²) in [6.45, 7) is 2.03. The minimum absolute atomic E-state index is 0.301. The van der Waals surface area contributed by atoms with Crippen LogP contribution in [0.25, 0.3) is 0 Å². The molecule has 124 valence electrons. The van der Waals surface area contributed by atoms with E-state index < -0.39 is 6.04 Å². The zero-order valence-electron chi connectivity index (χ0n) is 13.7. The Kier molecular flexibility index (Phi) is 3.87. The lowest BCUT2D eigenvalue weighted by molar-refractivity contribution is -0.140. The van der Waals surface area contributed by atoms with Crippen LogP contribution < -0.4 is 5.73 Å². The van der Waals surface area contributed by atoms with Gasteiger partial charge in [-0.1, -0.05) is 54.6 Å². The summed E-state index contributed by atoms with van der Waals surface area (Å²) < 4.78 is 6.26. The molecule has 0 aromatic heterocycles. The summed E-state index contributed by atoms with van der Waals surface area (Å²) >= 11 is 0. The Hall–Kier alpha value is -2.17. The number of carbonyl (C=O) groups excluding carboxylic acids is 1. The highest BCUT2D eigenvalue weighted by molar-refractivity contribution is 5.81. The number of primary amides is 1. The number of carbonyl (C=O) groups is 1. The number of morpholine rings is 1. The lowest BCUT2D eigenvalue weighted by Gasteiger charge is -2.43. The molecule has 4 heteroatoms. The van der Waals surface area contributed by atoms with Crippen molar-refractivity contribution in [2.24, 2.45) is 5.73 Å². The second kappa shape index (κ2) is 6.04. The van der Waals surface area contributed by atoms with Crippen molar-refractivity contribution in [3.8, 4) is 0 Å². The van der Waals surface area contributed by atoms with E-state index in [4.69, 9.17) is 10.5 Å². The van der Waals surface area contributed by atoms with Crippen molar-refractivity contribution in [3.05, 3.63) is 71.3 Å². The van der Waals surface area contributed by atoms with Gasteiger partial charge in [0.1, 0.15) is 11.6 Å². The highest BCUT2D eigenvalue weighted by atomic mass is 16.5. The third kappa shape index (κ3) is 2.52. The summed E-state index contributed by atoms with van der Waals surface area (Å²) in [5.74, 6) is -0.301. The summed E-state index contributed by atoms with van der Waals surface area (Å²) in [6, 6.07) is 17.9. The number of aryl methyl sites for hydroxylation is 1. The molecule has 2 atom stereocenters. The third-order valence-electron chi connectivity index (χ3n) is 5.27. The maximum atomic E-state index is 12.2. The zero-order chi connectivity index (χ0) is 16.6. The van der Waals surface area contributed by atoms with E-state index in [9.17, 15) is 4.79 Å². The minimum Gasteiger partial charge on any atom is -0.368 e. The van der Waals surface area contributed by atoms with Crippen LogP contribution in [0.15, 0.2) is 54.6 Å². The molecular weight excluding hydrogens is 300 g/mol. The first-order valence-corrected chi connectivity index (χ1v) is 8.50. The van der Waals surface area contributed by atoms with Gasteiger partial charge in [0.05, 0.1) is 6.61 Å². The molecule has 0 bridgehead atoms. The lowest BCUT2D eigenvalue weighted by Crippen LogP contribution is -2.52. The fraction of sp³-hybridized carbons (Fsp3) is 0.350. The van der Waals surface area contributed by atoms with Gasteiger partial charge in [0.15, 0.2) is 0 Å². The van der Waals surface area contributed by atoms with Crippen LogP contribution >= 0.6 is 0 Å². The number of rotatable bonds is 3. The maximum absolute atomic E-state index is 12.2. The van der Waals surface area contributed by atoms with Crippen molar-refractivity contribution in [2.45, 2.75) is 24.5 Å². The molecule has 1 spiro atoms. The van der Waals surface area contributed by atoms with Crippen molar-refractivity contribution in [1.29, 1.82) is 0 Å². The van der Waals surface area contributed by atoms with E-state index in [1.54, 1.807) is 0 Å². The molecule has 2 aliphatic rings. The molecule has 1 amide bonds. The molecule has 1 aliphatic carbocycles. The van der Waals surface area contributed by atoms with Gasteiger partial charge in [0.2, 0.25) is 5.91 Å². The number of amides is 1. The number of fused-ring (bicyclic) bond motifs is 2. The normalized spacial score (nSPS) is 24.7. The van der Waals surface area contributed by atoms with Gasteiger partial charge in [0, 0.05) is 13.1 Å². The average molecular weight is 322 g/mol. The van der Waals surface area contributed by atoms with E-state index in [1.807, 2.05) is 30.3 Å². The Morgan fingerprint density at radius 2 is 1.88 bits per heavy atom. The van der Waals surface area contributed by atoms with E-state index >= 15 is 0 Å². The third-order valence-corrected chi connectivity index (χ3v) is 5.27. The van der Waals surface area contributed by atoms with E-state index in [1.165, 1.54) is 11.1 Å². The van der Waals surface area contributed by atoms with Crippen LogP contribution in [0.5, 0.6) is 0 Å². The molecule has 0 saturated carbocycles. The van der Waals surface area contributed by atoms with Crippen molar-refractivity contribution in [2.75, 3.05) is 19.7 Å². The summed E-state index contributed by atoms with van der Waals surface area (Å²) in [5, 5.41) is 0. The van der Waals surface area contributed by atoms with E-state index in [0.717, 1.165) is 18.4 Å². The predicted octanol–water partition coefficient (Wildman–Crippen LogP) is 2.39. The smallest absolute Gasteiger partial charge is 0.239 e. The molecule has 1 aliphatic heterocycles. The minimum atomic E-state index is -0.403. The van der Waals surface area contributed by atoms with Crippen LogP contribution in [0.2, 0.25) is 0 Å². The molecular formula is C20H22N2O2. The number of hydrogen-bond acceptors (Lipinski definition) is 3. The fourth-order valence-corrected chi connectivity index (χ4v) is 4.19. The highest BCUT2D eigenvalue weighted by Gasteiger charge is 2.45. The Bertz CT molecular complexity index is 742. The molecule has 4 rings (SSSR count). The number of hydrogen-bond donors (Lipinski definition) is 1. The fourth-order valence-electron chi connectivity index (χ4n) is 4.19. The molecule has 1 fully saturated rings. The van der Waals surface area contributed by atoms with Crippen LogP contribution in [0.3, 0.4) is 0 Å². The average Bonchev–Trinajstić information content (AvgIpc) is 2.94. The summed E-state index contributed by atoms with van der Waals surface area (Å²) in [7, 11) is 0. The highest BCUT2D eigenvalue weighted by Crippen LogP contribution is 2.43. The molecule has 1 saturated heterocycles. The Morgan fingerprint density at radius 1 is 1.12 bits per heavy atom. The molecule has 2 aromatic carbocycles. The largest absolute Gasteiger partial charge is 0.368 e. The first kappa shape index (κ1) is 15.4. The van der Waals surface area contributed by atoms with Crippen molar-refractivity contribution < 1.29 is 9.53 Å². The first-order chi connectivity index (χ1) is 11.7. The molecule has 0 unspecified atom stereocenters. The molecule has 1 heterocycles. The predicted molar refractivity (Wildman–Crippen MR) is 92.3 cm³/mol. The topological polar surface area (TPSA) is 55.6 Å². The van der Waals surface area contributed by atoms with Crippen LogP contribution in [0.1, 0.15) is 29.2 Å². The lowest BCUT2D eigenvalue weighted by atomic mass is 9.92. The molecule has 2 N–H and O–H groups in total. The van der Waals surface area contributed by atoms with Gasteiger partial charge in [-0.2, -0.15) is 0 Å². The second-order valence-corrected chi connectivity index (χ2v) is 6.69. The van der Waals surface area contributed by atoms with Gasteiger partial charge in [-0.15, -0.1) is 0 Å². The van der Waals surface area contributed by atoms with Gasteiger partial charge in [-0.05, 0) is 29.5 Å². The molecule has 4 nitrogen and oxygen atoms in total. The summed E-state index contributed by atoms with van der Waals surface area (Å²) in [4.78, 5) is 14.4. The van der Waals surface area contributed by atoms with Crippen molar-refractivity contribution >= 4 is 5.91 Å². The number of ether oxygens (including phenoxy) is 1. The van der Waals surface area contributed by atoms with Crippen LogP contribution in [0, 0.1) is 0 Å². The van der Waals surface area contributed by atoms with E-state index in [2.05, 4.69) is 29.2 Å². The molecule has 2 aromatic rings. The number of nitrogens with two attached hydrogens (primary N) is 1. The number of benzene rings is 2. The van der Waals surface area contributed by atoms with Crippen LogP contribution in [-0.4, -0.2) is 30.5 Å². The Morgan fingerprint density at radius 3 is 2.67 bits per heavy atom. The van der Waals surface area contributed by atoms with Crippen LogP contribution in [0.4, 0.5) is 0 Å². The maximum Gasteiger partial charge on any atom is 0.239 e. The van der Waals surface area contributed by atoms with Crippen LogP contribution in [-0.2, 0) is 21.6 Å². The van der Waals surface area contributed by atoms with Gasteiger partial charge < -0.3 is 10.5 Å². The van der Waals surface area contributed by atoms with Gasteiger partial charge in [0.25, 0.3) is 0 Å². The van der Waals surface area contributed by atoms with Crippen molar-refractivity contribution in [3.63, 3.8) is 0 Å². The Balaban J connectivity index is 1.67.